The predicted octanol–water partition coefficient (Wildman–Crippen LogP) is 5.55. The van der Waals surface area contributed by atoms with Crippen molar-refractivity contribution in [3.63, 3.8) is 0 Å². The zero-order valence-corrected chi connectivity index (χ0v) is 22.2. The summed E-state index contributed by atoms with van der Waals surface area (Å²) in [7, 11) is -3.75. The van der Waals surface area contributed by atoms with Crippen molar-refractivity contribution in [1.29, 1.82) is 0 Å². The lowest BCUT2D eigenvalue weighted by Gasteiger charge is -2.13. The molecule has 0 spiro atoms. The van der Waals surface area contributed by atoms with Gasteiger partial charge in [0.2, 0.25) is 0 Å². The molecule has 0 unspecified atom stereocenters. The van der Waals surface area contributed by atoms with Gasteiger partial charge in [-0.15, -0.1) is 0 Å². The Balaban J connectivity index is 1.28. The Kier molecular flexibility index (Phi) is 8.98. The second-order valence-electron chi connectivity index (χ2n) is 7.50. The van der Waals surface area contributed by atoms with Gasteiger partial charge in [0, 0.05) is 59.7 Å². The van der Waals surface area contributed by atoms with Crippen LogP contribution in [0.25, 0.3) is 0 Å². The van der Waals surface area contributed by atoms with Crippen LogP contribution in [0.5, 0.6) is 0 Å². The van der Waals surface area contributed by atoms with Crippen LogP contribution in [0.15, 0.2) is 89.3 Å². The predicted molar refractivity (Wildman–Crippen MR) is 148 cm³/mol. The average Bonchev–Trinajstić information content (AvgIpc) is 3.36. The van der Waals surface area contributed by atoms with Gasteiger partial charge in [-0.3, -0.25) is 0 Å². The number of halogens is 2. The Hall–Kier alpha value is -2.92. The molecular weight excluding hydrogens is 539 g/mol. The molecule has 0 atom stereocenters. The fourth-order valence-corrected chi connectivity index (χ4v) is 5.84. The van der Waals surface area contributed by atoms with Gasteiger partial charge in [-0.25, -0.2) is 22.4 Å². The molecule has 188 valence electrons. The first kappa shape index (κ1) is 26.2. The summed E-state index contributed by atoms with van der Waals surface area (Å²) in [6.07, 6.45) is 4.65. The zero-order chi connectivity index (χ0) is 25.4. The minimum Gasteiger partial charge on any atom is -0.383 e. The Labute approximate surface area is 224 Å². The molecule has 2 aromatic carbocycles. The van der Waals surface area contributed by atoms with Gasteiger partial charge in [0.15, 0.2) is 5.16 Å². The molecule has 4 aromatic rings. The van der Waals surface area contributed by atoms with E-state index >= 15 is 0 Å². The topological polar surface area (TPSA) is 101 Å². The van der Waals surface area contributed by atoms with Crippen molar-refractivity contribution < 1.29 is 8.42 Å². The highest BCUT2D eigenvalue weighted by Crippen LogP contribution is 2.24. The normalized spacial score (nSPS) is 11.3. The molecule has 3 N–H and O–H groups in total. The monoisotopic (exact) mass is 562 g/mol. The molecule has 2 aromatic heterocycles. The molecule has 0 amide bonds. The van der Waals surface area contributed by atoms with E-state index in [2.05, 4.69) is 25.9 Å². The molecule has 0 radical (unpaired) electrons. The summed E-state index contributed by atoms with van der Waals surface area (Å²) < 4.78 is 27.1. The Morgan fingerprint density at radius 2 is 1.50 bits per heavy atom. The SMILES string of the molecule is O=S(=O)(c1ccc(Cl)cc1)n1ccnc1SCCNc1cccnc1NCCNc1ccc(Cl)cc1. The fourth-order valence-electron chi connectivity index (χ4n) is 3.25. The summed E-state index contributed by atoms with van der Waals surface area (Å²) in [5.74, 6) is 1.34. The molecule has 2 heterocycles. The van der Waals surface area contributed by atoms with Crippen molar-refractivity contribution in [2.45, 2.75) is 10.1 Å². The Morgan fingerprint density at radius 1 is 0.806 bits per heavy atom. The van der Waals surface area contributed by atoms with Gasteiger partial charge >= 0.3 is 0 Å². The van der Waals surface area contributed by atoms with Gasteiger partial charge < -0.3 is 16.0 Å². The zero-order valence-electron chi connectivity index (χ0n) is 19.1. The van der Waals surface area contributed by atoms with Crippen LogP contribution in [0, 0.1) is 0 Å². The highest BCUT2D eigenvalue weighted by molar-refractivity contribution is 8.00. The van der Waals surface area contributed by atoms with Crippen LogP contribution in [0.3, 0.4) is 0 Å². The quantitative estimate of drug-likeness (QED) is 0.152. The summed E-state index contributed by atoms with van der Waals surface area (Å²) in [5.41, 5.74) is 1.86. The van der Waals surface area contributed by atoms with Crippen LogP contribution < -0.4 is 16.0 Å². The Bertz CT molecular complexity index is 1380. The summed E-state index contributed by atoms with van der Waals surface area (Å²) in [6, 6.07) is 17.4. The van der Waals surface area contributed by atoms with Crippen LogP contribution in [0.1, 0.15) is 0 Å². The first-order valence-electron chi connectivity index (χ1n) is 11.0. The van der Waals surface area contributed by atoms with Crippen molar-refractivity contribution in [3.8, 4) is 0 Å². The van der Waals surface area contributed by atoms with Gasteiger partial charge in [-0.1, -0.05) is 35.0 Å². The number of anilines is 3. The third-order valence-corrected chi connectivity index (χ3v) is 8.26. The van der Waals surface area contributed by atoms with E-state index in [1.165, 1.54) is 40.3 Å². The Morgan fingerprint density at radius 3 is 2.25 bits per heavy atom. The van der Waals surface area contributed by atoms with Crippen molar-refractivity contribution in [2.75, 3.05) is 41.3 Å². The number of aromatic nitrogens is 3. The molecule has 0 aliphatic rings. The lowest BCUT2D eigenvalue weighted by molar-refractivity contribution is 0.582. The lowest BCUT2D eigenvalue weighted by atomic mass is 10.3. The van der Waals surface area contributed by atoms with Gasteiger partial charge in [0.25, 0.3) is 10.0 Å². The summed E-state index contributed by atoms with van der Waals surface area (Å²) in [5, 5.41) is 11.6. The molecule has 12 heteroatoms. The van der Waals surface area contributed by atoms with E-state index in [9.17, 15) is 8.42 Å². The lowest BCUT2D eigenvalue weighted by Crippen LogP contribution is -2.16. The number of thioether (sulfide) groups is 1. The molecule has 0 bridgehead atoms. The van der Waals surface area contributed by atoms with E-state index < -0.39 is 10.0 Å². The van der Waals surface area contributed by atoms with E-state index in [1.54, 1.807) is 18.3 Å². The van der Waals surface area contributed by atoms with E-state index in [0.717, 1.165) is 17.2 Å². The maximum Gasteiger partial charge on any atom is 0.269 e. The maximum absolute atomic E-state index is 13.0. The largest absolute Gasteiger partial charge is 0.383 e. The first-order chi connectivity index (χ1) is 17.4. The number of hydrogen-bond donors (Lipinski definition) is 3. The van der Waals surface area contributed by atoms with Gasteiger partial charge in [0.05, 0.1) is 10.6 Å². The molecule has 0 aliphatic carbocycles. The smallest absolute Gasteiger partial charge is 0.269 e. The van der Waals surface area contributed by atoms with Crippen LogP contribution >= 0.6 is 35.0 Å². The third-order valence-electron chi connectivity index (χ3n) is 4.99. The molecule has 0 aliphatic heterocycles. The minimum atomic E-state index is -3.75. The summed E-state index contributed by atoms with van der Waals surface area (Å²) >= 11 is 13.2. The minimum absolute atomic E-state index is 0.154. The maximum atomic E-state index is 13.0. The molecule has 8 nitrogen and oxygen atoms in total. The second kappa shape index (κ2) is 12.4. The third kappa shape index (κ3) is 6.85. The molecule has 0 saturated heterocycles. The van der Waals surface area contributed by atoms with E-state index in [4.69, 9.17) is 23.2 Å². The number of hydrogen-bond acceptors (Lipinski definition) is 8. The number of nitrogens with one attached hydrogen (secondary N) is 3. The molecule has 4 rings (SSSR count). The van der Waals surface area contributed by atoms with Crippen molar-refractivity contribution >= 4 is 62.2 Å². The van der Waals surface area contributed by atoms with Crippen molar-refractivity contribution in [3.05, 3.63) is 89.3 Å². The first-order valence-corrected chi connectivity index (χ1v) is 14.2. The number of nitrogens with zero attached hydrogens (tertiary/aromatic N) is 3. The van der Waals surface area contributed by atoms with E-state index in [-0.39, 0.29) is 4.90 Å². The number of pyridine rings is 1. The van der Waals surface area contributed by atoms with Crippen molar-refractivity contribution in [1.82, 2.24) is 13.9 Å². The summed E-state index contributed by atoms with van der Waals surface area (Å²) in [4.78, 5) is 8.79. The number of imidazole rings is 1. The second-order valence-corrected chi connectivity index (χ2v) is 11.2. The van der Waals surface area contributed by atoms with E-state index in [1.807, 2.05) is 36.4 Å². The van der Waals surface area contributed by atoms with Gasteiger partial charge in [-0.05, 0) is 60.7 Å². The number of benzene rings is 2. The van der Waals surface area contributed by atoms with Gasteiger partial charge in [0.1, 0.15) is 5.82 Å². The van der Waals surface area contributed by atoms with Crippen LogP contribution in [0.2, 0.25) is 10.0 Å². The molecule has 0 fully saturated rings. The number of rotatable bonds is 12. The highest BCUT2D eigenvalue weighted by Gasteiger charge is 2.20. The van der Waals surface area contributed by atoms with Crippen LogP contribution in [-0.2, 0) is 10.0 Å². The summed E-state index contributed by atoms with van der Waals surface area (Å²) in [6.45, 7) is 1.96. The van der Waals surface area contributed by atoms with Gasteiger partial charge in [-0.2, -0.15) is 0 Å². The highest BCUT2D eigenvalue weighted by atomic mass is 35.5. The van der Waals surface area contributed by atoms with Crippen molar-refractivity contribution in [2.24, 2.45) is 0 Å². The van der Waals surface area contributed by atoms with E-state index in [0.29, 0.717) is 40.6 Å². The molecule has 0 saturated carbocycles. The van der Waals surface area contributed by atoms with Crippen LogP contribution in [-0.4, -0.2) is 47.7 Å². The standard InChI is InChI=1S/C24H24Cl2N6O2S2/c25-18-3-7-20(8-4-18)27-12-13-30-23-22(2-1-11-29-23)28-15-17-35-24-31-14-16-32(24)36(33,34)21-9-5-19(26)6-10-21/h1-11,14,16,27-28H,12-13,15,17H2,(H,29,30). The fraction of sp³-hybridized carbons (Fsp3) is 0.167. The van der Waals surface area contributed by atoms with Crippen LogP contribution in [0.4, 0.5) is 17.2 Å². The molecular formula is C24H24Cl2N6O2S2. The molecule has 36 heavy (non-hydrogen) atoms. The average molecular weight is 564 g/mol.